The summed E-state index contributed by atoms with van der Waals surface area (Å²) in [4.78, 5) is 4.76. The van der Waals surface area contributed by atoms with E-state index in [0.717, 1.165) is 60.8 Å². The van der Waals surface area contributed by atoms with Crippen LogP contribution < -0.4 is 10.6 Å². The summed E-state index contributed by atoms with van der Waals surface area (Å²) in [7, 11) is 0. The molecule has 2 aliphatic carbocycles. The maximum absolute atomic E-state index is 13.8. The van der Waals surface area contributed by atoms with E-state index in [1.807, 2.05) is 6.07 Å². The van der Waals surface area contributed by atoms with Gasteiger partial charge < -0.3 is 10.6 Å². The largest absolute Gasteiger partial charge is 0.417 e. The Morgan fingerprint density at radius 3 is 2.51 bits per heavy atom. The number of nitrogens with one attached hydrogen (secondary N) is 2. The molecule has 1 atom stereocenters. The smallest absolute Gasteiger partial charge is 0.378 e. The standard InChI is InChI=1S/C28H25F4N3/c29-17-10-11-20-24(12-17)35-26-15-21(26)27(20)33-18-13-23(16-6-2-1-3-7-16)34-25(14-18)19-8-4-5-9-22(19)28(30,31)32/h4-5,8-14,16,26,35H,1-3,6-7,15H2,(H,33,34). The lowest BCUT2D eigenvalue weighted by atomic mass is 9.86. The summed E-state index contributed by atoms with van der Waals surface area (Å²) in [6, 6.07) is 14.1. The first-order valence-corrected chi connectivity index (χ1v) is 12.1. The van der Waals surface area contributed by atoms with E-state index in [-0.39, 0.29) is 23.3 Å². The molecule has 1 unspecified atom stereocenters. The Labute approximate surface area is 201 Å². The van der Waals surface area contributed by atoms with Crippen molar-refractivity contribution in [2.75, 3.05) is 10.6 Å². The molecule has 0 saturated heterocycles. The molecule has 1 aliphatic heterocycles. The van der Waals surface area contributed by atoms with E-state index < -0.39 is 11.7 Å². The second-order valence-electron chi connectivity index (χ2n) is 9.66. The molecule has 0 bridgehead atoms. The van der Waals surface area contributed by atoms with Crippen molar-refractivity contribution in [3.63, 3.8) is 0 Å². The van der Waals surface area contributed by atoms with E-state index in [0.29, 0.717) is 11.4 Å². The molecule has 3 aliphatic rings. The molecule has 0 spiro atoms. The zero-order chi connectivity index (χ0) is 24.2. The number of anilines is 2. The molecule has 1 aromatic heterocycles. The van der Waals surface area contributed by atoms with Crippen molar-refractivity contribution >= 4 is 17.1 Å². The van der Waals surface area contributed by atoms with Gasteiger partial charge in [0.2, 0.25) is 0 Å². The Balaban J connectivity index is 1.45. The van der Waals surface area contributed by atoms with Crippen molar-refractivity contribution in [2.24, 2.45) is 0 Å². The highest BCUT2D eigenvalue weighted by Gasteiger charge is 2.39. The first kappa shape index (κ1) is 22.1. The van der Waals surface area contributed by atoms with Crippen LogP contribution in [0.15, 0.2) is 60.2 Å². The number of rotatable bonds is 4. The summed E-state index contributed by atoms with van der Waals surface area (Å²) in [6.45, 7) is 0. The van der Waals surface area contributed by atoms with E-state index >= 15 is 0 Å². The Morgan fingerprint density at radius 2 is 1.71 bits per heavy atom. The molecule has 2 aromatic carbocycles. The molecular formula is C28H25F4N3. The summed E-state index contributed by atoms with van der Waals surface area (Å²) >= 11 is 0. The van der Waals surface area contributed by atoms with Crippen LogP contribution in [-0.4, -0.2) is 11.0 Å². The molecule has 2 saturated carbocycles. The minimum Gasteiger partial charge on any atom is -0.378 e. The van der Waals surface area contributed by atoms with Gasteiger partial charge in [0.05, 0.1) is 17.3 Å². The molecule has 6 rings (SSSR count). The fourth-order valence-corrected chi connectivity index (χ4v) is 5.41. The maximum atomic E-state index is 13.8. The van der Waals surface area contributed by atoms with Crippen LogP contribution in [0.4, 0.5) is 28.9 Å². The zero-order valence-corrected chi connectivity index (χ0v) is 19.1. The average molecular weight is 480 g/mol. The number of hydrogen-bond donors (Lipinski definition) is 2. The number of alkyl halides is 3. The van der Waals surface area contributed by atoms with E-state index in [1.165, 1.54) is 36.3 Å². The number of aromatic nitrogens is 1. The lowest BCUT2D eigenvalue weighted by molar-refractivity contribution is -0.137. The van der Waals surface area contributed by atoms with Crippen molar-refractivity contribution < 1.29 is 17.6 Å². The minimum atomic E-state index is -4.48. The molecule has 2 N–H and O–H groups in total. The van der Waals surface area contributed by atoms with E-state index in [4.69, 9.17) is 4.98 Å². The summed E-state index contributed by atoms with van der Waals surface area (Å²) in [6.07, 6.45) is 1.72. The lowest BCUT2D eigenvalue weighted by Gasteiger charge is -2.24. The molecule has 3 aromatic rings. The number of hydrogen-bond acceptors (Lipinski definition) is 3. The van der Waals surface area contributed by atoms with Gasteiger partial charge in [-0.15, -0.1) is 0 Å². The van der Waals surface area contributed by atoms with Crippen LogP contribution in [0, 0.1) is 5.82 Å². The topological polar surface area (TPSA) is 37.0 Å². The normalized spacial score (nSPS) is 19.6. The van der Waals surface area contributed by atoms with Gasteiger partial charge in [-0.3, -0.25) is 4.98 Å². The van der Waals surface area contributed by atoms with Crippen molar-refractivity contribution in [2.45, 2.75) is 56.7 Å². The second-order valence-corrected chi connectivity index (χ2v) is 9.66. The summed E-state index contributed by atoms with van der Waals surface area (Å²) < 4.78 is 55.3. The highest BCUT2D eigenvalue weighted by atomic mass is 19.4. The molecule has 2 fully saturated rings. The van der Waals surface area contributed by atoms with Gasteiger partial charge in [0.25, 0.3) is 0 Å². The molecular weight excluding hydrogens is 454 g/mol. The second kappa shape index (κ2) is 8.40. The van der Waals surface area contributed by atoms with Gasteiger partial charge in [-0.1, -0.05) is 37.5 Å². The Morgan fingerprint density at radius 1 is 0.914 bits per heavy atom. The summed E-state index contributed by atoms with van der Waals surface area (Å²) in [5.41, 5.74) is 4.92. The van der Waals surface area contributed by atoms with Crippen molar-refractivity contribution in [1.29, 1.82) is 0 Å². The minimum absolute atomic E-state index is 0.0791. The number of halogens is 4. The molecule has 7 heteroatoms. The number of benzene rings is 2. The van der Waals surface area contributed by atoms with Gasteiger partial charge in [0, 0.05) is 39.8 Å². The van der Waals surface area contributed by atoms with Gasteiger partial charge in [-0.2, -0.15) is 13.2 Å². The molecule has 2 heterocycles. The third-order valence-corrected chi connectivity index (χ3v) is 7.23. The van der Waals surface area contributed by atoms with Crippen LogP contribution >= 0.6 is 0 Å². The van der Waals surface area contributed by atoms with Crippen molar-refractivity contribution in [3.05, 3.63) is 82.8 Å². The molecule has 3 nitrogen and oxygen atoms in total. The average Bonchev–Trinajstić information content (AvgIpc) is 3.63. The van der Waals surface area contributed by atoms with Crippen LogP contribution in [-0.2, 0) is 6.18 Å². The Bertz CT molecular complexity index is 1320. The monoisotopic (exact) mass is 479 g/mol. The lowest BCUT2D eigenvalue weighted by Crippen LogP contribution is -2.14. The number of fused-ring (bicyclic) bond motifs is 2. The van der Waals surface area contributed by atoms with E-state index in [1.54, 1.807) is 18.2 Å². The van der Waals surface area contributed by atoms with Crippen LogP contribution in [0.1, 0.15) is 61.3 Å². The highest BCUT2D eigenvalue weighted by molar-refractivity contribution is 5.92. The van der Waals surface area contributed by atoms with Gasteiger partial charge in [0.1, 0.15) is 5.82 Å². The third-order valence-electron chi connectivity index (χ3n) is 7.23. The van der Waals surface area contributed by atoms with Crippen LogP contribution in [0.2, 0.25) is 0 Å². The predicted octanol–water partition coefficient (Wildman–Crippen LogP) is 7.98. The summed E-state index contributed by atoms with van der Waals surface area (Å²) in [5, 5.41) is 6.83. The van der Waals surface area contributed by atoms with Gasteiger partial charge in [-0.05, 0) is 61.2 Å². The fraction of sp³-hybridized carbons (Fsp3) is 0.321. The van der Waals surface area contributed by atoms with E-state index in [2.05, 4.69) is 10.6 Å². The number of nitrogens with zero attached hydrogens (tertiary/aromatic N) is 1. The van der Waals surface area contributed by atoms with Crippen molar-refractivity contribution in [1.82, 2.24) is 4.98 Å². The van der Waals surface area contributed by atoms with E-state index in [9.17, 15) is 17.6 Å². The Hall–Kier alpha value is -3.35. The van der Waals surface area contributed by atoms with Crippen LogP contribution in [0.3, 0.4) is 0 Å². The highest BCUT2D eigenvalue weighted by Crippen LogP contribution is 2.47. The molecule has 0 radical (unpaired) electrons. The predicted molar refractivity (Wildman–Crippen MR) is 129 cm³/mol. The molecule has 35 heavy (non-hydrogen) atoms. The zero-order valence-electron chi connectivity index (χ0n) is 19.1. The Kier molecular flexibility index (Phi) is 5.31. The fourth-order valence-electron chi connectivity index (χ4n) is 5.41. The quantitative estimate of drug-likeness (QED) is 0.373. The van der Waals surface area contributed by atoms with Crippen LogP contribution in [0.5, 0.6) is 0 Å². The van der Waals surface area contributed by atoms with Gasteiger partial charge in [-0.25, -0.2) is 4.39 Å². The third kappa shape index (κ3) is 4.28. The number of pyridine rings is 1. The summed E-state index contributed by atoms with van der Waals surface area (Å²) in [5.74, 6) is -0.0859. The first-order valence-electron chi connectivity index (χ1n) is 12.1. The molecule has 0 amide bonds. The van der Waals surface area contributed by atoms with Crippen molar-refractivity contribution in [3.8, 4) is 11.3 Å². The van der Waals surface area contributed by atoms with Crippen LogP contribution in [0.25, 0.3) is 17.0 Å². The van der Waals surface area contributed by atoms with Gasteiger partial charge in [0.15, 0.2) is 0 Å². The molecule has 180 valence electrons. The first-order chi connectivity index (χ1) is 16.9. The maximum Gasteiger partial charge on any atom is 0.417 e. The SMILES string of the molecule is Fc1ccc2c(c1)NC1CC1=C2Nc1cc(-c2ccccc2C(F)(F)F)nc(C2CCCCC2)c1. The van der Waals surface area contributed by atoms with Gasteiger partial charge >= 0.3 is 6.18 Å².